The number of quaternary nitrogens is 1. The van der Waals surface area contributed by atoms with E-state index in [-0.39, 0.29) is 0 Å². The van der Waals surface area contributed by atoms with Crippen LogP contribution in [0.3, 0.4) is 0 Å². The summed E-state index contributed by atoms with van der Waals surface area (Å²) in [6, 6.07) is 0. The number of unbranched alkanes of at least 4 members (excludes halogenated alkanes) is 14. The second kappa shape index (κ2) is 18.3. The lowest BCUT2D eigenvalue weighted by molar-refractivity contribution is -0.910. The summed E-state index contributed by atoms with van der Waals surface area (Å²) in [6.45, 7) is 4.29. The van der Waals surface area contributed by atoms with Crippen molar-refractivity contribution in [2.45, 2.75) is 135 Å². The highest BCUT2D eigenvalue weighted by atomic mass is 31.1. The molecule has 0 aliphatic rings. The third kappa shape index (κ3) is 13.2. The van der Waals surface area contributed by atoms with Gasteiger partial charge in [-0.1, -0.05) is 101 Å². The average molecular weight is 443 g/mol. The predicted molar refractivity (Wildman–Crippen MR) is 132 cm³/mol. The molecule has 3 nitrogen and oxygen atoms in total. The van der Waals surface area contributed by atoms with Gasteiger partial charge in [-0.25, -0.2) is 0 Å². The molecule has 0 aromatic rings. The lowest BCUT2D eigenvalue weighted by Gasteiger charge is -2.39. The van der Waals surface area contributed by atoms with E-state index in [1.807, 2.05) is 28.1 Å². The van der Waals surface area contributed by atoms with Crippen molar-refractivity contribution < 1.29 is 13.9 Å². The van der Waals surface area contributed by atoms with Crippen molar-refractivity contribution in [2.75, 3.05) is 21.1 Å². The van der Waals surface area contributed by atoms with Gasteiger partial charge >= 0.3 is 8.03 Å². The second-order valence-corrected chi connectivity index (χ2v) is 11.3. The van der Waals surface area contributed by atoms with E-state index in [0.29, 0.717) is 10.9 Å². The maximum absolute atomic E-state index is 11.9. The zero-order valence-electron chi connectivity index (χ0n) is 21.1. The molecular weight excluding hydrogens is 389 g/mol. The third-order valence-electron chi connectivity index (χ3n) is 6.74. The Balaban J connectivity index is 3.60. The van der Waals surface area contributed by atoms with Gasteiger partial charge in [-0.2, -0.15) is 0 Å². The molecule has 2 unspecified atom stereocenters. The molecule has 0 fully saturated rings. The van der Waals surface area contributed by atoms with Crippen LogP contribution in [0.1, 0.15) is 129 Å². The van der Waals surface area contributed by atoms with Crippen LogP contribution in [0.15, 0.2) is 12.2 Å². The quantitative estimate of drug-likeness (QED) is 0.0779. The van der Waals surface area contributed by atoms with E-state index in [1.165, 1.54) is 89.9 Å². The third-order valence-corrected chi connectivity index (χ3v) is 8.56. The molecule has 2 atom stereocenters. The fourth-order valence-electron chi connectivity index (χ4n) is 4.46. The summed E-state index contributed by atoms with van der Waals surface area (Å²) in [4.78, 5) is 11.9. The van der Waals surface area contributed by atoms with Gasteiger partial charge in [0.2, 0.25) is 0 Å². The van der Waals surface area contributed by atoms with Crippen LogP contribution in [0.25, 0.3) is 0 Å². The fourth-order valence-corrected chi connectivity index (χ4v) is 5.55. The number of nitrogens with zero attached hydrogens (tertiary/aromatic N) is 1. The van der Waals surface area contributed by atoms with Gasteiger partial charge in [-0.15, -0.1) is 0 Å². The first kappa shape index (κ1) is 29.8. The highest BCUT2D eigenvalue weighted by Crippen LogP contribution is 2.44. The molecule has 30 heavy (non-hydrogen) atoms. The van der Waals surface area contributed by atoms with Crippen LogP contribution in [0.2, 0.25) is 0 Å². The molecule has 0 spiro atoms. The summed E-state index contributed by atoms with van der Waals surface area (Å²) in [5.41, 5.74) is 0. The van der Waals surface area contributed by atoms with Crippen molar-refractivity contribution in [3.63, 3.8) is 0 Å². The van der Waals surface area contributed by atoms with Gasteiger partial charge in [0.15, 0.2) is 0 Å². The molecule has 0 aliphatic heterocycles. The Kier molecular flexibility index (Phi) is 18.2. The average Bonchev–Trinajstić information content (AvgIpc) is 2.68. The van der Waals surface area contributed by atoms with Gasteiger partial charge in [0.1, 0.15) is 0 Å². The largest absolute Gasteiger partial charge is 0.590 e. The molecule has 0 saturated heterocycles. The molecule has 0 saturated carbocycles. The van der Waals surface area contributed by atoms with Crippen molar-refractivity contribution in [1.82, 2.24) is 0 Å². The highest BCUT2D eigenvalue weighted by Gasteiger charge is 2.52. The van der Waals surface area contributed by atoms with Gasteiger partial charge in [0.25, 0.3) is 5.28 Å². The Morgan fingerprint density at radius 1 is 0.700 bits per heavy atom. The van der Waals surface area contributed by atoms with E-state index in [4.69, 9.17) is 0 Å². The van der Waals surface area contributed by atoms with Crippen LogP contribution in [-0.2, 0) is 4.57 Å². The van der Waals surface area contributed by atoms with Crippen LogP contribution in [-0.4, -0.2) is 30.9 Å². The lowest BCUT2D eigenvalue weighted by Crippen LogP contribution is -2.55. The van der Waals surface area contributed by atoms with Gasteiger partial charge in [0.05, 0.1) is 21.1 Å². The van der Waals surface area contributed by atoms with Gasteiger partial charge in [0, 0.05) is 12.8 Å². The number of rotatable bonds is 21. The predicted octanol–water partition coefficient (Wildman–Crippen LogP) is 8.11. The van der Waals surface area contributed by atoms with Crippen LogP contribution < -0.4 is 4.89 Å². The second-order valence-electron chi connectivity index (χ2n) is 10.0. The Morgan fingerprint density at radius 2 is 1.10 bits per heavy atom. The van der Waals surface area contributed by atoms with E-state index in [1.54, 1.807) is 0 Å². The van der Waals surface area contributed by atoms with Crippen LogP contribution in [0.4, 0.5) is 0 Å². The lowest BCUT2D eigenvalue weighted by atomic mass is 10.0. The Hall–Kier alpha value is -0.240. The van der Waals surface area contributed by atoms with Crippen molar-refractivity contribution in [3.8, 4) is 0 Å². The highest BCUT2D eigenvalue weighted by molar-refractivity contribution is 7.38. The monoisotopic (exact) mass is 442 g/mol. The summed E-state index contributed by atoms with van der Waals surface area (Å²) >= 11 is 0. The Morgan fingerprint density at radius 3 is 1.47 bits per heavy atom. The summed E-state index contributed by atoms with van der Waals surface area (Å²) in [5.74, 6) is 0. The first-order valence-electron chi connectivity index (χ1n) is 12.9. The van der Waals surface area contributed by atoms with Gasteiger partial charge in [-0.3, -0.25) is 4.48 Å². The summed E-state index contributed by atoms with van der Waals surface area (Å²) in [5, 5.41) is -0.607. The molecule has 0 aromatic heterocycles. The molecule has 0 N–H and O–H groups in total. The molecular formula is C26H53NO2P+. The van der Waals surface area contributed by atoms with E-state index < -0.39 is 13.3 Å². The SMILES string of the molecule is CCCCCCCCCCCC/C=C\CCCCCCC(CC)([P+](=O)[O-])[N+](C)(C)C. The first-order valence-corrected chi connectivity index (χ1v) is 14.1. The Bertz CT molecular complexity index is 445. The van der Waals surface area contributed by atoms with E-state index in [0.717, 1.165) is 19.3 Å². The first-order chi connectivity index (χ1) is 14.3. The molecule has 0 aromatic carbocycles. The van der Waals surface area contributed by atoms with Crippen LogP contribution >= 0.6 is 8.03 Å². The summed E-state index contributed by atoms with van der Waals surface area (Å²) in [7, 11) is 3.60. The molecule has 0 rings (SSSR count). The molecule has 0 radical (unpaired) electrons. The molecule has 0 amide bonds. The molecule has 178 valence electrons. The normalized spacial score (nSPS) is 14.9. The number of allylic oxidation sites excluding steroid dienone is 2. The van der Waals surface area contributed by atoms with Crippen molar-refractivity contribution in [3.05, 3.63) is 12.2 Å². The molecule has 0 heterocycles. The van der Waals surface area contributed by atoms with E-state index >= 15 is 0 Å². The standard InChI is InChI=1S/C26H53NO2P/c1-6-8-9-10-11-12-13-14-15-16-17-18-19-20-21-22-23-24-25-26(7-2,30(28)29)27(3,4)5/h18-19H,6-17,20-25H2,1-5H3/q+1/b19-18-. The van der Waals surface area contributed by atoms with Gasteiger partial charge < -0.3 is 4.89 Å². The fraction of sp³-hybridized carbons (Fsp3) is 0.923. The molecule has 0 aliphatic carbocycles. The maximum Gasteiger partial charge on any atom is 0.376 e. The van der Waals surface area contributed by atoms with Crippen molar-refractivity contribution in [1.29, 1.82) is 0 Å². The minimum atomic E-state index is -2.42. The van der Waals surface area contributed by atoms with Crippen LogP contribution in [0.5, 0.6) is 0 Å². The van der Waals surface area contributed by atoms with Crippen LogP contribution in [0, 0.1) is 0 Å². The number of hydrogen-bond donors (Lipinski definition) is 0. The van der Waals surface area contributed by atoms with Crippen molar-refractivity contribution >= 4 is 8.03 Å². The number of hydrogen-bond acceptors (Lipinski definition) is 2. The summed E-state index contributed by atoms with van der Waals surface area (Å²) < 4.78 is 12.4. The summed E-state index contributed by atoms with van der Waals surface area (Å²) in [6.07, 6.45) is 27.2. The van der Waals surface area contributed by atoms with Gasteiger partial charge in [-0.05, 0) is 32.1 Å². The molecule has 0 bridgehead atoms. The Labute approximate surface area is 190 Å². The minimum Gasteiger partial charge on any atom is -0.590 e. The minimum absolute atomic E-state index is 0.504. The smallest absolute Gasteiger partial charge is 0.376 e. The topological polar surface area (TPSA) is 40.1 Å². The van der Waals surface area contributed by atoms with Crippen molar-refractivity contribution in [2.24, 2.45) is 0 Å². The maximum atomic E-state index is 11.9. The zero-order valence-corrected chi connectivity index (χ0v) is 22.0. The van der Waals surface area contributed by atoms with E-state index in [9.17, 15) is 9.46 Å². The zero-order chi connectivity index (χ0) is 22.7. The van der Waals surface area contributed by atoms with E-state index in [2.05, 4.69) is 19.1 Å². The molecule has 4 heteroatoms.